The van der Waals surface area contributed by atoms with Crippen LogP contribution in [0.4, 0.5) is 10.8 Å². The van der Waals surface area contributed by atoms with E-state index < -0.39 is 22.0 Å². The van der Waals surface area contributed by atoms with Crippen LogP contribution in [0.3, 0.4) is 0 Å². The number of rotatable bonds is 8. The molecule has 136 valence electrons. The Kier molecular flexibility index (Phi) is 6.79. The van der Waals surface area contributed by atoms with Gasteiger partial charge in [-0.1, -0.05) is 48.2 Å². The fraction of sp³-hybridized carbons (Fsp3) is 0.400. The predicted molar refractivity (Wildman–Crippen MR) is 103 cm³/mol. The summed E-state index contributed by atoms with van der Waals surface area (Å²) in [5.41, 5.74) is 0.434. The second-order valence-corrected chi connectivity index (χ2v) is 9.46. The van der Waals surface area contributed by atoms with E-state index in [9.17, 15) is 13.2 Å². The molecular weight excluding hydrogens is 380 g/mol. The Morgan fingerprint density at radius 2 is 2.00 bits per heavy atom. The molecule has 0 radical (unpaired) electrons. The number of thioether (sulfide) groups is 1. The van der Waals surface area contributed by atoms with Crippen LogP contribution in [0.25, 0.3) is 0 Å². The Balaban J connectivity index is 2.15. The average molecular weight is 401 g/mol. The number of benzene rings is 1. The van der Waals surface area contributed by atoms with Gasteiger partial charge < -0.3 is 0 Å². The molecule has 2 rings (SSSR count). The standard InChI is InChI=1S/C15H20N4O3S3/c1-4-10-23-15-18-17-14(24-15)16-13(20)11(2)19(25(3,21)22)12-8-6-5-7-9-12/h5-9,11H,4,10H2,1-3H3,(H,16,17,20)/t11-/m0/s1. The molecule has 0 aliphatic rings. The van der Waals surface area contributed by atoms with Gasteiger partial charge in [-0.25, -0.2) is 8.42 Å². The van der Waals surface area contributed by atoms with Crippen molar-refractivity contribution in [3.63, 3.8) is 0 Å². The minimum absolute atomic E-state index is 0.358. The van der Waals surface area contributed by atoms with Crippen LogP contribution in [0.1, 0.15) is 20.3 Å². The normalized spacial score (nSPS) is 12.6. The van der Waals surface area contributed by atoms with Crippen LogP contribution in [0.15, 0.2) is 34.7 Å². The van der Waals surface area contributed by atoms with Crippen LogP contribution in [0.2, 0.25) is 0 Å². The summed E-state index contributed by atoms with van der Waals surface area (Å²) < 4.78 is 26.2. The van der Waals surface area contributed by atoms with Crippen molar-refractivity contribution >= 4 is 49.8 Å². The van der Waals surface area contributed by atoms with Crippen LogP contribution < -0.4 is 9.62 Å². The van der Waals surface area contributed by atoms with Crippen molar-refractivity contribution in [2.24, 2.45) is 0 Å². The maximum Gasteiger partial charge on any atom is 0.249 e. The zero-order valence-corrected chi connectivity index (χ0v) is 16.6. The van der Waals surface area contributed by atoms with E-state index in [4.69, 9.17) is 0 Å². The molecule has 1 N–H and O–H groups in total. The molecule has 0 saturated heterocycles. The summed E-state index contributed by atoms with van der Waals surface area (Å²) in [6.45, 7) is 3.61. The van der Waals surface area contributed by atoms with Crippen molar-refractivity contribution < 1.29 is 13.2 Å². The third-order valence-electron chi connectivity index (χ3n) is 3.17. The molecule has 0 saturated carbocycles. The molecular formula is C15H20N4O3S3. The number of sulfonamides is 1. The molecule has 0 unspecified atom stereocenters. The summed E-state index contributed by atoms with van der Waals surface area (Å²) in [5, 5.41) is 10.9. The largest absolute Gasteiger partial charge is 0.299 e. The summed E-state index contributed by atoms with van der Waals surface area (Å²) in [4.78, 5) is 12.5. The first-order chi connectivity index (χ1) is 11.8. The van der Waals surface area contributed by atoms with Crippen molar-refractivity contribution in [1.29, 1.82) is 0 Å². The number of nitrogens with one attached hydrogen (secondary N) is 1. The quantitative estimate of drug-likeness (QED) is 0.541. The molecule has 0 aliphatic heterocycles. The first kappa shape index (κ1) is 19.7. The van der Waals surface area contributed by atoms with Gasteiger partial charge in [0.1, 0.15) is 6.04 Å². The highest BCUT2D eigenvalue weighted by Gasteiger charge is 2.29. The second-order valence-electron chi connectivity index (χ2n) is 5.28. The molecule has 25 heavy (non-hydrogen) atoms. The molecule has 7 nitrogen and oxygen atoms in total. The van der Waals surface area contributed by atoms with Gasteiger partial charge in [-0.15, -0.1) is 10.2 Å². The smallest absolute Gasteiger partial charge is 0.249 e. The van der Waals surface area contributed by atoms with Crippen LogP contribution in [0, 0.1) is 0 Å². The molecule has 0 bridgehead atoms. The summed E-state index contributed by atoms with van der Waals surface area (Å²) in [5.74, 6) is 0.465. The van der Waals surface area contributed by atoms with Crippen molar-refractivity contribution in [3.8, 4) is 0 Å². The lowest BCUT2D eigenvalue weighted by atomic mass is 10.2. The number of para-hydroxylation sites is 1. The lowest BCUT2D eigenvalue weighted by molar-refractivity contribution is -0.116. The van der Waals surface area contributed by atoms with E-state index in [2.05, 4.69) is 22.4 Å². The number of carbonyl (C=O) groups is 1. The van der Waals surface area contributed by atoms with Gasteiger partial charge in [0.25, 0.3) is 0 Å². The van der Waals surface area contributed by atoms with Crippen molar-refractivity contribution in [1.82, 2.24) is 10.2 Å². The Bertz CT molecular complexity index is 808. The zero-order chi connectivity index (χ0) is 18.4. The second kappa shape index (κ2) is 8.63. The third-order valence-corrected chi connectivity index (χ3v) is 6.58. The number of nitrogens with zero attached hydrogens (tertiary/aromatic N) is 3. The third kappa shape index (κ3) is 5.41. The number of hydrogen-bond donors (Lipinski definition) is 1. The lowest BCUT2D eigenvalue weighted by Gasteiger charge is -2.27. The molecule has 0 aliphatic carbocycles. The van der Waals surface area contributed by atoms with Crippen molar-refractivity contribution in [2.45, 2.75) is 30.6 Å². The molecule has 1 aromatic carbocycles. The fourth-order valence-corrected chi connectivity index (χ4v) is 4.96. The average Bonchev–Trinajstić information content (AvgIpc) is 3.00. The van der Waals surface area contributed by atoms with E-state index >= 15 is 0 Å². The predicted octanol–water partition coefficient (Wildman–Crippen LogP) is 2.83. The van der Waals surface area contributed by atoms with Gasteiger partial charge in [-0.2, -0.15) is 0 Å². The fourth-order valence-electron chi connectivity index (χ4n) is 2.10. The highest BCUT2D eigenvalue weighted by atomic mass is 32.2. The van der Waals surface area contributed by atoms with Gasteiger partial charge in [0.05, 0.1) is 11.9 Å². The molecule has 1 heterocycles. The van der Waals surface area contributed by atoms with Gasteiger partial charge in [0.2, 0.25) is 21.1 Å². The van der Waals surface area contributed by atoms with Gasteiger partial charge >= 0.3 is 0 Å². The van der Waals surface area contributed by atoms with Crippen molar-refractivity contribution in [2.75, 3.05) is 21.6 Å². The molecule has 1 aromatic heterocycles. The first-order valence-electron chi connectivity index (χ1n) is 7.64. The first-order valence-corrected chi connectivity index (χ1v) is 11.3. The lowest BCUT2D eigenvalue weighted by Crippen LogP contribution is -2.45. The molecule has 0 spiro atoms. The summed E-state index contributed by atoms with van der Waals surface area (Å²) in [6, 6.07) is 7.60. The molecule has 0 fully saturated rings. The highest BCUT2D eigenvalue weighted by Crippen LogP contribution is 2.26. The Hall–Kier alpha value is -1.65. The maximum absolute atomic E-state index is 12.5. The highest BCUT2D eigenvalue weighted by molar-refractivity contribution is 8.01. The summed E-state index contributed by atoms with van der Waals surface area (Å²) >= 11 is 2.85. The van der Waals surface area contributed by atoms with Crippen LogP contribution in [-0.2, 0) is 14.8 Å². The maximum atomic E-state index is 12.5. The van der Waals surface area contributed by atoms with E-state index in [1.807, 2.05) is 0 Å². The topological polar surface area (TPSA) is 92.3 Å². The minimum Gasteiger partial charge on any atom is -0.299 e. The number of carbonyl (C=O) groups excluding carboxylic acids is 1. The van der Waals surface area contributed by atoms with Crippen LogP contribution >= 0.6 is 23.1 Å². The van der Waals surface area contributed by atoms with Crippen molar-refractivity contribution in [3.05, 3.63) is 30.3 Å². The van der Waals surface area contributed by atoms with Gasteiger partial charge in [-0.3, -0.25) is 14.4 Å². The van der Waals surface area contributed by atoms with E-state index in [1.54, 1.807) is 42.1 Å². The Labute approximate surface area is 155 Å². The van der Waals surface area contributed by atoms with E-state index in [0.29, 0.717) is 10.8 Å². The van der Waals surface area contributed by atoms with Gasteiger partial charge in [-0.05, 0) is 25.5 Å². The number of amides is 1. The zero-order valence-electron chi connectivity index (χ0n) is 14.2. The Morgan fingerprint density at radius 1 is 1.32 bits per heavy atom. The number of hydrogen-bond acceptors (Lipinski definition) is 7. The van der Waals surface area contributed by atoms with E-state index in [-0.39, 0.29) is 0 Å². The SMILES string of the molecule is CCCSc1nnc(NC(=O)[C@H](C)N(c2ccccc2)S(C)(=O)=O)s1. The number of anilines is 2. The van der Waals surface area contributed by atoms with E-state index in [0.717, 1.165) is 27.1 Å². The van der Waals surface area contributed by atoms with Crippen LogP contribution in [-0.4, -0.2) is 42.6 Å². The number of aromatic nitrogens is 2. The molecule has 1 atom stereocenters. The van der Waals surface area contributed by atoms with Gasteiger partial charge in [0, 0.05) is 5.75 Å². The molecule has 10 heteroatoms. The minimum atomic E-state index is -3.63. The van der Waals surface area contributed by atoms with Crippen LogP contribution in [0.5, 0.6) is 0 Å². The molecule has 2 aromatic rings. The monoisotopic (exact) mass is 400 g/mol. The Morgan fingerprint density at radius 3 is 2.60 bits per heavy atom. The summed E-state index contributed by atoms with van der Waals surface area (Å²) in [7, 11) is -3.63. The van der Waals surface area contributed by atoms with Gasteiger partial charge in [0.15, 0.2) is 4.34 Å². The van der Waals surface area contributed by atoms with E-state index in [1.165, 1.54) is 18.3 Å². The molecule has 1 amide bonds. The summed E-state index contributed by atoms with van der Waals surface area (Å²) in [6.07, 6.45) is 2.09.